The van der Waals surface area contributed by atoms with E-state index in [-0.39, 0.29) is 17.8 Å². The number of benzene rings is 1. The van der Waals surface area contributed by atoms with E-state index in [2.05, 4.69) is 5.32 Å². The van der Waals surface area contributed by atoms with E-state index < -0.39 is 0 Å². The third-order valence-electron chi connectivity index (χ3n) is 2.70. The maximum atomic E-state index is 11.9. The van der Waals surface area contributed by atoms with E-state index in [1.54, 1.807) is 18.2 Å². The Morgan fingerprint density at radius 3 is 2.79 bits per heavy atom. The van der Waals surface area contributed by atoms with Gasteiger partial charge in [0.05, 0.1) is 11.7 Å². The Bertz CT molecular complexity index is 416. The zero-order valence-electron chi connectivity index (χ0n) is 11.9. The molecule has 1 rings (SSSR count). The van der Waals surface area contributed by atoms with Crippen molar-refractivity contribution in [3.63, 3.8) is 0 Å². The number of nitrogens with one attached hydrogen (secondary N) is 1. The Hall–Kier alpha value is -1.55. The molecule has 106 valence electrons. The molecule has 0 unspecified atom stereocenters. The van der Waals surface area contributed by atoms with Gasteiger partial charge in [-0.1, -0.05) is 11.6 Å². The third kappa shape index (κ3) is 5.75. The summed E-state index contributed by atoms with van der Waals surface area (Å²) in [6.45, 7) is 7.20. The predicted octanol–water partition coefficient (Wildman–Crippen LogP) is 2.64. The monoisotopic (exact) mass is 265 g/mol. The van der Waals surface area contributed by atoms with Crippen molar-refractivity contribution in [1.82, 2.24) is 5.32 Å². The summed E-state index contributed by atoms with van der Waals surface area (Å²) in [6.07, 6.45) is 2.03. The van der Waals surface area contributed by atoms with Crippen LogP contribution in [0.15, 0.2) is 18.2 Å². The first-order valence-corrected chi connectivity index (χ1v) is 6.70. The second-order valence-corrected chi connectivity index (χ2v) is 4.90. The molecule has 0 aliphatic carbocycles. The highest BCUT2D eigenvalue weighted by molar-refractivity contribution is 5.96. The van der Waals surface area contributed by atoms with Crippen LogP contribution in [0.4, 0.5) is 0 Å². The Labute approximate surface area is 114 Å². The molecular formula is C15H23NO3. The maximum absolute atomic E-state index is 11.9. The molecule has 0 aliphatic rings. The van der Waals surface area contributed by atoms with E-state index in [0.29, 0.717) is 18.7 Å². The molecule has 19 heavy (non-hydrogen) atoms. The van der Waals surface area contributed by atoms with Crippen LogP contribution in [0, 0.1) is 6.92 Å². The molecular weight excluding hydrogens is 242 g/mol. The van der Waals surface area contributed by atoms with E-state index in [1.807, 2.05) is 20.8 Å². The highest BCUT2D eigenvalue weighted by Gasteiger charge is 2.10. The molecule has 4 nitrogen and oxygen atoms in total. The van der Waals surface area contributed by atoms with Crippen LogP contribution in [0.1, 0.15) is 42.6 Å². The quantitative estimate of drug-likeness (QED) is 0.745. The fourth-order valence-corrected chi connectivity index (χ4v) is 1.67. The largest absolute Gasteiger partial charge is 0.507 e. The second kappa shape index (κ2) is 7.79. The summed E-state index contributed by atoms with van der Waals surface area (Å²) in [7, 11) is 0. The van der Waals surface area contributed by atoms with Gasteiger partial charge in [-0.05, 0) is 45.7 Å². The van der Waals surface area contributed by atoms with Crippen LogP contribution in [0.25, 0.3) is 0 Å². The lowest BCUT2D eigenvalue weighted by molar-refractivity contribution is 0.0754. The predicted molar refractivity (Wildman–Crippen MR) is 75.5 cm³/mol. The molecule has 0 atom stereocenters. The lowest BCUT2D eigenvalue weighted by atomic mass is 10.1. The number of hydrogen-bond donors (Lipinski definition) is 2. The van der Waals surface area contributed by atoms with Gasteiger partial charge in [-0.3, -0.25) is 4.79 Å². The molecule has 0 aliphatic heterocycles. The van der Waals surface area contributed by atoms with Crippen LogP contribution in [0.3, 0.4) is 0 Å². The molecule has 2 N–H and O–H groups in total. The topological polar surface area (TPSA) is 58.6 Å². The lowest BCUT2D eigenvalue weighted by Gasteiger charge is -2.09. The van der Waals surface area contributed by atoms with Crippen molar-refractivity contribution in [1.29, 1.82) is 0 Å². The number of aromatic hydroxyl groups is 1. The van der Waals surface area contributed by atoms with Gasteiger partial charge in [0.15, 0.2) is 0 Å². The Morgan fingerprint density at radius 1 is 1.37 bits per heavy atom. The third-order valence-corrected chi connectivity index (χ3v) is 2.70. The summed E-state index contributed by atoms with van der Waals surface area (Å²) in [6, 6.07) is 5.00. The van der Waals surface area contributed by atoms with Crippen molar-refractivity contribution in [3.8, 4) is 5.75 Å². The zero-order chi connectivity index (χ0) is 14.3. The molecule has 0 radical (unpaired) electrons. The van der Waals surface area contributed by atoms with E-state index >= 15 is 0 Å². The van der Waals surface area contributed by atoms with Gasteiger partial charge < -0.3 is 15.2 Å². The lowest BCUT2D eigenvalue weighted by Crippen LogP contribution is -2.24. The number of phenols is 1. The summed E-state index contributed by atoms with van der Waals surface area (Å²) >= 11 is 0. The van der Waals surface area contributed by atoms with E-state index in [9.17, 15) is 9.90 Å². The molecule has 0 saturated carbocycles. The zero-order valence-corrected chi connectivity index (χ0v) is 11.9. The minimum atomic E-state index is -0.231. The molecule has 0 spiro atoms. The first-order valence-electron chi connectivity index (χ1n) is 6.70. The van der Waals surface area contributed by atoms with Crippen LogP contribution in [0.2, 0.25) is 0 Å². The van der Waals surface area contributed by atoms with Crippen molar-refractivity contribution in [2.75, 3.05) is 13.2 Å². The van der Waals surface area contributed by atoms with Gasteiger partial charge in [-0.2, -0.15) is 0 Å². The summed E-state index contributed by atoms with van der Waals surface area (Å²) in [4.78, 5) is 11.9. The molecule has 1 aromatic rings. The first-order chi connectivity index (χ1) is 9.00. The molecule has 0 fully saturated rings. The van der Waals surface area contributed by atoms with Crippen LogP contribution < -0.4 is 5.32 Å². The molecule has 0 bridgehead atoms. The van der Waals surface area contributed by atoms with Crippen LogP contribution >= 0.6 is 0 Å². The van der Waals surface area contributed by atoms with Gasteiger partial charge >= 0.3 is 0 Å². The second-order valence-electron chi connectivity index (χ2n) is 4.90. The van der Waals surface area contributed by atoms with Gasteiger partial charge in [0.1, 0.15) is 5.75 Å². The first kappa shape index (κ1) is 15.5. The highest BCUT2D eigenvalue weighted by Crippen LogP contribution is 2.17. The fraction of sp³-hybridized carbons (Fsp3) is 0.533. The highest BCUT2D eigenvalue weighted by atomic mass is 16.5. The van der Waals surface area contributed by atoms with Crippen molar-refractivity contribution >= 4 is 5.91 Å². The molecule has 4 heteroatoms. The average molecular weight is 265 g/mol. The van der Waals surface area contributed by atoms with Gasteiger partial charge in [0.25, 0.3) is 5.91 Å². The van der Waals surface area contributed by atoms with E-state index in [1.165, 1.54) is 0 Å². The van der Waals surface area contributed by atoms with Crippen LogP contribution in [-0.4, -0.2) is 30.3 Å². The van der Waals surface area contributed by atoms with E-state index in [4.69, 9.17) is 4.74 Å². The summed E-state index contributed by atoms with van der Waals surface area (Å²) in [5, 5.41) is 12.4. The van der Waals surface area contributed by atoms with Crippen LogP contribution in [-0.2, 0) is 4.74 Å². The number of aryl methyl sites for hydroxylation is 1. The number of phenolic OH excluding ortho intramolecular Hbond substituents is 1. The van der Waals surface area contributed by atoms with Crippen molar-refractivity contribution in [2.24, 2.45) is 0 Å². The number of unbranched alkanes of at least 4 members (excludes halogenated alkanes) is 1. The van der Waals surface area contributed by atoms with Gasteiger partial charge in [0.2, 0.25) is 0 Å². The van der Waals surface area contributed by atoms with Gasteiger partial charge in [-0.25, -0.2) is 0 Å². The molecule has 0 heterocycles. The standard InChI is InChI=1S/C15H23NO3/c1-11(2)19-9-5-4-8-16-15(18)13-10-12(3)6-7-14(13)17/h6-7,10-11,17H,4-5,8-9H2,1-3H3,(H,16,18). The normalized spacial score (nSPS) is 10.7. The van der Waals surface area contributed by atoms with E-state index in [0.717, 1.165) is 18.4 Å². The average Bonchev–Trinajstić information content (AvgIpc) is 2.36. The van der Waals surface area contributed by atoms with Gasteiger partial charge in [0, 0.05) is 13.2 Å². The Balaban J connectivity index is 2.29. The minimum Gasteiger partial charge on any atom is -0.507 e. The number of ether oxygens (including phenoxy) is 1. The van der Waals surface area contributed by atoms with Crippen molar-refractivity contribution in [2.45, 2.75) is 39.7 Å². The number of carbonyl (C=O) groups is 1. The summed E-state index contributed by atoms with van der Waals surface area (Å²) in [5.41, 5.74) is 1.28. The number of carbonyl (C=O) groups excluding carboxylic acids is 1. The van der Waals surface area contributed by atoms with Crippen molar-refractivity contribution in [3.05, 3.63) is 29.3 Å². The minimum absolute atomic E-state index is 0.0197. The summed E-state index contributed by atoms with van der Waals surface area (Å²) < 4.78 is 5.42. The fourth-order valence-electron chi connectivity index (χ4n) is 1.67. The molecule has 0 saturated heterocycles. The molecule has 0 aromatic heterocycles. The Morgan fingerprint density at radius 2 is 2.11 bits per heavy atom. The number of amides is 1. The number of rotatable bonds is 7. The maximum Gasteiger partial charge on any atom is 0.255 e. The van der Waals surface area contributed by atoms with Crippen molar-refractivity contribution < 1.29 is 14.6 Å². The SMILES string of the molecule is Cc1ccc(O)c(C(=O)NCCCCOC(C)C)c1. The summed E-state index contributed by atoms with van der Waals surface area (Å²) in [5.74, 6) is -0.211. The van der Waals surface area contributed by atoms with Gasteiger partial charge in [-0.15, -0.1) is 0 Å². The smallest absolute Gasteiger partial charge is 0.255 e. The number of hydrogen-bond acceptors (Lipinski definition) is 3. The van der Waals surface area contributed by atoms with Crippen LogP contribution in [0.5, 0.6) is 5.75 Å². The molecule has 1 aromatic carbocycles. The Kier molecular flexibility index (Phi) is 6.36. The molecule has 1 amide bonds.